The first kappa shape index (κ1) is 15.8. The molecule has 0 spiro atoms. The molecule has 2 rings (SSSR count). The van der Waals surface area contributed by atoms with Crippen molar-refractivity contribution in [1.82, 2.24) is 0 Å². The van der Waals surface area contributed by atoms with E-state index in [0.29, 0.717) is 6.61 Å². The smallest absolute Gasteiger partial charge is 0.253 e. The van der Waals surface area contributed by atoms with E-state index in [1.165, 1.54) is 5.69 Å². The van der Waals surface area contributed by atoms with Crippen molar-refractivity contribution in [2.45, 2.75) is 45.6 Å². The second kappa shape index (κ2) is 8.03. The first-order valence-corrected chi connectivity index (χ1v) is 8.02. The molecule has 0 aliphatic carbocycles. The molecule has 1 atom stereocenters. The fraction of sp³-hybridized carbons (Fsp3) is 0.588. The summed E-state index contributed by atoms with van der Waals surface area (Å²) in [5, 5.41) is 2.93. The number of carbonyl (C=O) groups excluding carboxylic acids is 1. The summed E-state index contributed by atoms with van der Waals surface area (Å²) in [5.74, 6) is -0.0285. The van der Waals surface area contributed by atoms with Gasteiger partial charge in [0.2, 0.25) is 0 Å². The summed E-state index contributed by atoms with van der Waals surface area (Å²) in [6.07, 6.45) is 3.79. The van der Waals surface area contributed by atoms with E-state index in [2.05, 4.69) is 36.2 Å². The van der Waals surface area contributed by atoms with Crippen LogP contribution in [0.25, 0.3) is 0 Å². The molecule has 1 aliphatic heterocycles. The monoisotopic (exact) mass is 290 g/mol. The van der Waals surface area contributed by atoms with Gasteiger partial charge in [0.1, 0.15) is 6.10 Å². The van der Waals surface area contributed by atoms with Crippen LogP contribution in [0.15, 0.2) is 24.3 Å². The molecule has 1 unspecified atom stereocenters. The average molecular weight is 290 g/mol. The molecule has 1 aromatic carbocycles. The Bertz CT molecular complexity index is 433. The molecule has 0 aromatic heterocycles. The zero-order valence-electron chi connectivity index (χ0n) is 13.1. The van der Waals surface area contributed by atoms with Crippen LogP contribution in [0.2, 0.25) is 0 Å². The summed E-state index contributed by atoms with van der Waals surface area (Å²) in [5.41, 5.74) is 2.06. The van der Waals surface area contributed by atoms with Gasteiger partial charge in [-0.3, -0.25) is 4.79 Å². The summed E-state index contributed by atoms with van der Waals surface area (Å²) in [6.45, 7) is 7.21. The topological polar surface area (TPSA) is 41.6 Å². The molecule has 1 amide bonds. The molecule has 1 N–H and O–H groups in total. The van der Waals surface area contributed by atoms with E-state index in [1.807, 2.05) is 12.1 Å². The van der Waals surface area contributed by atoms with Crippen LogP contribution in [0.4, 0.5) is 11.4 Å². The fourth-order valence-electron chi connectivity index (χ4n) is 2.67. The predicted molar refractivity (Wildman–Crippen MR) is 86.8 cm³/mol. The number of nitrogens with one attached hydrogen (secondary N) is 1. The lowest BCUT2D eigenvalue weighted by molar-refractivity contribution is -0.124. The summed E-state index contributed by atoms with van der Waals surface area (Å²) >= 11 is 0. The fourth-order valence-corrected chi connectivity index (χ4v) is 2.67. The van der Waals surface area contributed by atoms with Gasteiger partial charge in [-0.1, -0.05) is 13.8 Å². The second-order valence-electron chi connectivity index (χ2n) is 5.52. The van der Waals surface area contributed by atoms with Gasteiger partial charge in [0.05, 0.1) is 0 Å². The molecule has 1 fully saturated rings. The van der Waals surface area contributed by atoms with Gasteiger partial charge < -0.3 is 15.0 Å². The number of hydrogen-bond donors (Lipinski definition) is 1. The number of anilines is 2. The molecule has 0 radical (unpaired) electrons. The third kappa shape index (κ3) is 4.46. The van der Waals surface area contributed by atoms with E-state index >= 15 is 0 Å². The minimum Gasteiger partial charge on any atom is -0.372 e. The van der Waals surface area contributed by atoms with Gasteiger partial charge >= 0.3 is 0 Å². The maximum absolute atomic E-state index is 12.0. The summed E-state index contributed by atoms with van der Waals surface area (Å²) < 4.78 is 5.39. The molecule has 4 nitrogen and oxygen atoms in total. The van der Waals surface area contributed by atoms with E-state index in [0.717, 1.165) is 44.5 Å². The Hall–Kier alpha value is -1.55. The Morgan fingerprint density at radius 3 is 2.43 bits per heavy atom. The summed E-state index contributed by atoms with van der Waals surface area (Å²) in [6, 6.07) is 8.11. The Morgan fingerprint density at radius 2 is 1.90 bits per heavy atom. The first-order chi connectivity index (χ1) is 10.2. The first-order valence-electron chi connectivity index (χ1n) is 8.02. The Kier molecular flexibility index (Phi) is 6.05. The van der Waals surface area contributed by atoms with Gasteiger partial charge in [0.25, 0.3) is 5.91 Å². The normalized spacial score (nSPS) is 17.7. The molecule has 0 bridgehead atoms. The standard InChI is InChI=1S/C17H26N2O2/c1-3-11-19(12-4-2)15-9-7-14(8-10-15)18-17(20)16-6-5-13-21-16/h7-10,16H,3-6,11-13H2,1-2H3,(H,18,20). The highest BCUT2D eigenvalue weighted by atomic mass is 16.5. The van der Waals surface area contributed by atoms with Gasteiger partial charge in [-0.05, 0) is 49.9 Å². The van der Waals surface area contributed by atoms with Crippen LogP contribution in [0.3, 0.4) is 0 Å². The van der Waals surface area contributed by atoms with Crippen LogP contribution in [0.1, 0.15) is 39.5 Å². The molecular weight excluding hydrogens is 264 g/mol. The Labute approximate surface area is 127 Å². The summed E-state index contributed by atoms with van der Waals surface area (Å²) in [4.78, 5) is 14.4. The van der Waals surface area contributed by atoms with E-state index in [9.17, 15) is 4.79 Å². The van der Waals surface area contributed by atoms with Gasteiger partial charge in [-0.15, -0.1) is 0 Å². The maximum atomic E-state index is 12.0. The lowest BCUT2D eigenvalue weighted by atomic mass is 10.2. The van der Waals surface area contributed by atoms with Crippen molar-refractivity contribution in [2.75, 3.05) is 29.9 Å². The van der Waals surface area contributed by atoms with Crippen molar-refractivity contribution >= 4 is 17.3 Å². The highest BCUT2D eigenvalue weighted by Gasteiger charge is 2.23. The minimum absolute atomic E-state index is 0.0285. The van der Waals surface area contributed by atoms with Crippen LogP contribution < -0.4 is 10.2 Å². The van der Waals surface area contributed by atoms with Crippen LogP contribution in [0, 0.1) is 0 Å². The Morgan fingerprint density at radius 1 is 1.24 bits per heavy atom. The largest absolute Gasteiger partial charge is 0.372 e. The number of rotatable bonds is 7. The molecule has 1 saturated heterocycles. The van der Waals surface area contributed by atoms with Crippen molar-refractivity contribution in [3.63, 3.8) is 0 Å². The average Bonchev–Trinajstić information content (AvgIpc) is 3.02. The molecule has 116 valence electrons. The van der Waals surface area contributed by atoms with Crippen molar-refractivity contribution in [1.29, 1.82) is 0 Å². The minimum atomic E-state index is -0.277. The van der Waals surface area contributed by atoms with Gasteiger partial charge in [-0.2, -0.15) is 0 Å². The molecule has 0 saturated carbocycles. The lowest BCUT2D eigenvalue weighted by Gasteiger charge is -2.24. The molecule has 1 heterocycles. The van der Waals surface area contributed by atoms with Crippen molar-refractivity contribution in [3.8, 4) is 0 Å². The van der Waals surface area contributed by atoms with Crippen LogP contribution >= 0.6 is 0 Å². The molecule has 21 heavy (non-hydrogen) atoms. The number of hydrogen-bond acceptors (Lipinski definition) is 3. The molecular formula is C17H26N2O2. The van der Waals surface area contributed by atoms with Gasteiger partial charge in [0, 0.05) is 31.1 Å². The quantitative estimate of drug-likeness (QED) is 0.836. The van der Waals surface area contributed by atoms with Crippen LogP contribution in [-0.2, 0) is 9.53 Å². The van der Waals surface area contributed by atoms with E-state index in [4.69, 9.17) is 4.74 Å². The third-order valence-corrected chi connectivity index (χ3v) is 3.71. The number of amides is 1. The van der Waals surface area contributed by atoms with E-state index < -0.39 is 0 Å². The number of nitrogens with zero attached hydrogens (tertiary/aromatic N) is 1. The lowest BCUT2D eigenvalue weighted by Crippen LogP contribution is -2.27. The van der Waals surface area contributed by atoms with Crippen LogP contribution in [-0.4, -0.2) is 31.7 Å². The van der Waals surface area contributed by atoms with Crippen LogP contribution in [0.5, 0.6) is 0 Å². The molecule has 1 aromatic rings. The van der Waals surface area contributed by atoms with E-state index in [-0.39, 0.29) is 12.0 Å². The van der Waals surface area contributed by atoms with Gasteiger partial charge in [0.15, 0.2) is 0 Å². The number of ether oxygens (including phenoxy) is 1. The Balaban J connectivity index is 1.95. The zero-order valence-corrected chi connectivity index (χ0v) is 13.1. The van der Waals surface area contributed by atoms with Gasteiger partial charge in [-0.25, -0.2) is 0 Å². The van der Waals surface area contributed by atoms with Crippen molar-refractivity contribution < 1.29 is 9.53 Å². The maximum Gasteiger partial charge on any atom is 0.253 e. The zero-order chi connectivity index (χ0) is 15.1. The highest BCUT2D eigenvalue weighted by molar-refractivity contribution is 5.94. The summed E-state index contributed by atoms with van der Waals surface area (Å²) in [7, 11) is 0. The van der Waals surface area contributed by atoms with Crippen molar-refractivity contribution in [3.05, 3.63) is 24.3 Å². The van der Waals surface area contributed by atoms with E-state index in [1.54, 1.807) is 0 Å². The highest BCUT2D eigenvalue weighted by Crippen LogP contribution is 2.20. The molecule has 1 aliphatic rings. The van der Waals surface area contributed by atoms with Crippen molar-refractivity contribution in [2.24, 2.45) is 0 Å². The predicted octanol–water partition coefficient (Wildman–Crippen LogP) is 3.43. The molecule has 4 heteroatoms. The number of benzene rings is 1. The number of carbonyl (C=O) groups is 1. The second-order valence-corrected chi connectivity index (χ2v) is 5.52. The SMILES string of the molecule is CCCN(CCC)c1ccc(NC(=O)C2CCCO2)cc1. The third-order valence-electron chi connectivity index (χ3n) is 3.71.